The van der Waals surface area contributed by atoms with Gasteiger partial charge in [0.05, 0.1) is 18.2 Å². The maximum Gasteiger partial charge on any atom is 0.0975 e. The Hall–Kier alpha value is -2.72. The third-order valence-electron chi connectivity index (χ3n) is 6.04. The van der Waals surface area contributed by atoms with Crippen LogP contribution in [-0.2, 0) is 10.3 Å². The molecule has 1 fully saturated rings. The van der Waals surface area contributed by atoms with Gasteiger partial charge in [-0.2, -0.15) is 0 Å². The standard InChI is InChI=1S/C27H29NO2/c1-30-20-18-22-21-28(19-17-26(22)29)27(23-11-5-2-6-12-23,24-13-7-3-8-14-24)25-15-9-4-10-16-25/h2-16,18,26,29H,17,19-21H2,1H3/b22-18-. The highest BCUT2D eigenvalue weighted by molar-refractivity contribution is 5.50. The fraction of sp³-hybridized carbons (Fsp3) is 0.259. The maximum atomic E-state index is 10.6. The molecule has 3 aromatic carbocycles. The highest BCUT2D eigenvalue weighted by Gasteiger charge is 2.44. The molecule has 3 nitrogen and oxygen atoms in total. The fourth-order valence-electron chi connectivity index (χ4n) is 4.63. The van der Waals surface area contributed by atoms with Crippen molar-refractivity contribution in [3.8, 4) is 0 Å². The number of nitrogens with zero attached hydrogens (tertiary/aromatic N) is 1. The lowest BCUT2D eigenvalue weighted by Gasteiger charge is -2.48. The highest BCUT2D eigenvalue weighted by atomic mass is 16.5. The first-order valence-electron chi connectivity index (χ1n) is 10.5. The van der Waals surface area contributed by atoms with Crippen molar-refractivity contribution in [3.63, 3.8) is 0 Å². The molecule has 30 heavy (non-hydrogen) atoms. The molecular formula is C27H29NO2. The number of hydrogen-bond acceptors (Lipinski definition) is 3. The van der Waals surface area contributed by atoms with Gasteiger partial charge in [0.2, 0.25) is 0 Å². The average molecular weight is 400 g/mol. The summed E-state index contributed by atoms with van der Waals surface area (Å²) in [5, 5.41) is 10.6. The number of hydrogen-bond donors (Lipinski definition) is 1. The lowest BCUT2D eigenvalue weighted by Crippen LogP contribution is -2.53. The normalized spacial score (nSPS) is 19.1. The molecule has 0 amide bonds. The van der Waals surface area contributed by atoms with Crippen molar-refractivity contribution in [2.45, 2.75) is 18.1 Å². The molecule has 1 aliphatic rings. The lowest BCUT2D eigenvalue weighted by atomic mass is 9.74. The monoisotopic (exact) mass is 399 g/mol. The first-order valence-corrected chi connectivity index (χ1v) is 10.5. The minimum atomic E-state index is -0.448. The minimum absolute atomic E-state index is 0.420. The summed E-state index contributed by atoms with van der Waals surface area (Å²) in [4.78, 5) is 2.50. The van der Waals surface area contributed by atoms with Gasteiger partial charge in [0, 0.05) is 20.2 Å². The van der Waals surface area contributed by atoms with Crippen LogP contribution < -0.4 is 0 Å². The summed E-state index contributed by atoms with van der Waals surface area (Å²) in [6.45, 7) is 1.99. The van der Waals surface area contributed by atoms with Crippen LogP contribution in [0.4, 0.5) is 0 Å². The molecule has 4 rings (SSSR count). The molecule has 0 aliphatic carbocycles. The lowest BCUT2D eigenvalue weighted by molar-refractivity contribution is 0.0847. The Labute approximate surface area is 179 Å². The average Bonchev–Trinajstić information content (AvgIpc) is 2.82. The van der Waals surface area contributed by atoms with Crippen molar-refractivity contribution >= 4 is 0 Å². The van der Waals surface area contributed by atoms with Crippen LogP contribution in [0.2, 0.25) is 0 Å². The van der Waals surface area contributed by atoms with Crippen LogP contribution in [0.3, 0.4) is 0 Å². The van der Waals surface area contributed by atoms with E-state index in [4.69, 9.17) is 4.74 Å². The van der Waals surface area contributed by atoms with Crippen LogP contribution in [0.5, 0.6) is 0 Å². The Balaban J connectivity index is 1.94. The van der Waals surface area contributed by atoms with E-state index in [1.54, 1.807) is 7.11 Å². The molecule has 1 atom stereocenters. The quantitative estimate of drug-likeness (QED) is 0.485. The largest absolute Gasteiger partial charge is 0.389 e. The van der Waals surface area contributed by atoms with E-state index in [1.807, 2.05) is 6.08 Å². The predicted octanol–water partition coefficient (Wildman–Crippen LogP) is 4.62. The van der Waals surface area contributed by atoms with Crippen molar-refractivity contribution in [1.29, 1.82) is 0 Å². The smallest absolute Gasteiger partial charge is 0.0975 e. The van der Waals surface area contributed by atoms with E-state index in [-0.39, 0.29) is 0 Å². The maximum absolute atomic E-state index is 10.6. The molecular weight excluding hydrogens is 370 g/mol. The predicted molar refractivity (Wildman–Crippen MR) is 121 cm³/mol. The SMILES string of the molecule is COC/C=C1/CN(C(c2ccccc2)(c2ccccc2)c2ccccc2)CCC1O. The van der Waals surface area contributed by atoms with Gasteiger partial charge >= 0.3 is 0 Å². The zero-order valence-corrected chi connectivity index (χ0v) is 17.4. The van der Waals surface area contributed by atoms with Crippen LogP contribution >= 0.6 is 0 Å². The molecule has 0 bridgehead atoms. The second-order valence-electron chi connectivity index (χ2n) is 7.77. The van der Waals surface area contributed by atoms with E-state index >= 15 is 0 Å². The number of methoxy groups -OCH3 is 1. The van der Waals surface area contributed by atoms with Crippen LogP contribution in [-0.4, -0.2) is 42.9 Å². The number of rotatable bonds is 6. The fourth-order valence-corrected chi connectivity index (χ4v) is 4.63. The first kappa shape index (κ1) is 20.5. The van der Waals surface area contributed by atoms with Gasteiger partial charge in [0.25, 0.3) is 0 Å². The van der Waals surface area contributed by atoms with Crippen molar-refractivity contribution in [2.24, 2.45) is 0 Å². The Morgan fingerprint density at radius 2 is 1.33 bits per heavy atom. The Morgan fingerprint density at radius 3 is 1.77 bits per heavy atom. The van der Waals surface area contributed by atoms with Crippen LogP contribution in [0.1, 0.15) is 23.1 Å². The van der Waals surface area contributed by atoms with Gasteiger partial charge in [-0.1, -0.05) is 97.1 Å². The van der Waals surface area contributed by atoms with Gasteiger partial charge in [-0.3, -0.25) is 4.90 Å². The summed E-state index contributed by atoms with van der Waals surface area (Å²) < 4.78 is 5.26. The van der Waals surface area contributed by atoms with Gasteiger partial charge < -0.3 is 9.84 Å². The van der Waals surface area contributed by atoms with Gasteiger partial charge in [-0.25, -0.2) is 0 Å². The summed E-state index contributed by atoms with van der Waals surface area (Å²) >= 11 is 0. The van der Waals surface area contributed by atoms with E-state index in [1.165, 1.54) is 16.7 Å². The third-order valence-corrected chi connectivity index (χ3v) is 6.04. The second-order valence-corrected chi connectivity index (χ2v) is 7.77. The molecule has 0 aromatic heterocycles. The molecule has 0 saturated carbocycles. The van der Waals surface area contributed by atoms with Crippen LogP contribution in [0.25, 0.3) is 0 Å². The molecule has 0 spiro atoms. The zero-order chi connectivity index (χ0) is 20.8. The molecule has 3 heteroatoms. The number of piperidine rings is 1. The summed E-state index contributed by atoms with van der Waals surface area (Å²) in [5.41, 5.74) is 4.26. The van der Waals surface area contributed by atoms with Gasteiger partial charge in [-0.05, 0) is 28.7 Å². The van der Waals surface area contributed by atoms with E-state index in [2.05, 4.69) is 95.9 Å². The van der Waals surface area contributed by atoms with E-state index in [0.717, 1.165) is 12.1 Å². The molecule has 1 aliphatic heterocycles. The van der Waals surface area contributed by atoms with Crippen molar-refractivity contribution in [2.75, 3.05) is 26.8 Å². The number of aliphatic hydroxyl groups excluding tert-OH is 1. The number of likely N-dealkylation sites (tertiary alicyclic amines) is 1. The number of ether oxygens (including phenoxy) is 1. The minimum Gasteiger partial charge on any atom is -0.389 e. The van der Waals surface area contributed by atoms with Crippen LogP contribution in [0.15, 0.2) is 103 Å². The van der Waals surface area contributed by atoms with E-state index < -0.39 is 11.6 Å². The number of benzene rings is 3. The molecule has 1 saturated heterocycles. The topological polar surface area (TPSA) is 32.7 Å². The third kappa shape index (κ3) is 3.84. The molecule has 1 heterocycles. The Morgan fingerprint density at radius 1 is 0.867 bits per heavy atom. The summed E-state index contributed by atoms with van der Waals surface area (Å²) in [5.74, 6) is 0. The van der Waals surface area contributed by atoms with E-state index in [9.17, 15) is 5.11 Å². The molecule has 1 unspecified atom stereocenters. The molecule has 1 N–H and O–H groups in total. The Kier molecular flexibility index (Phi) is 6.44. The van der Waals surface area contributed by atoms with E-state index in [0.29, 0.717) is 19.6 Å². The highest BCUT2D eigenvalue weighted by Crippen LogP contribution is 2.44. The van der Waals surface area contributed by atoms with Crippen molar-refractivity contribution in [3.05, 3.63) is 119 Å². The summed E-state index contributed by atoms with van der Waals surface area (Å²) in [6.07, 6.45) is 2.31. The van der Waals surface area contributed by atoms with Gasteiger partial charge in [0.1, 0.15) is 0 Å². The van der Waals surface area contributed by atoms with Gasteiger partial charge in [0.15, 0.2) is 0 Å². The molecule has 154 valence electrons. The first-order chi connectivity index (χ1) is 14.8. The van der Waals surface area contributed by atoms with Gasteiger partial charge in [-0.15, -0.1) is 0 Å². The van der Waals surface area contributed by atoms with Crippen molar-refractivity contribution in [1.82, 2.24) is 4.90 Å². The molecule has 3 aromatic rings. The summed E-state index contributed by atoms with van der Waals surface area (Å²) in [6, 6.07) is 32.1. The molecule has 0 radical (unpaired) electrons. The van der Waals surface area contributed by atoms with Crippen molar-refractivity contribution < 1.29 is 9.84 Å². The second kappa shape index (κ2) is 9.40. The zero-order valence-electron chi connectivity index (χ0n) is 17.4. The summed E-state index contributed by atoms with van der Waals surface area (Å²) in [7, 11) is 1.69. The number of aliphatic hydroxyl groups is 1. The van der Waals surface area contributed by atoms with Crippen LogP contribution in [0, 0.1) is 0 Å². The Bertz CT molecular complexity index is 857.